The molecule has 4 aromatic rings. The standard InChI is InChI=1S/C32H32N2O6S/c1-5-38-25-17-13-24(14-18-25)33-29(35)21(4)40-26-15-11-23(12-16-26)30(36)34-31-28(32(37)39-6-2)27(19-41-31)22-9-7-20(3)8-10-22/h7-19,21H,5-6H2,1-4H3,(H,33,35)(H,34,36)/t21-/m1/s1. The maximum absolute atomic E-state index is 13.1. The molecule has 0 radical (unpaired) electrons. The van der Waals surface area contributed by atoms with Gasteiger partial charge in [0.25, 0.3) is 11.8 Å². The molecule has 1 atom stereocenters. The van der Waals surface area contributed by atoms with Crippen molar-refractivity contribution in [3.8, 4) is 22.6 Å². The minimum atomic E-state index is -0.778. The van der Waals surface area contributed by atoms with Crippen LogP contribution in [0.1, 0.15) is 47.1 Å². The van der Waals surface area contributed by atoms with Crippen molar-refractivity contribution in [2.45, 2.75) is 33.8 Å². The highest BCUT2D eigenvalue weighted by Crippen LogP contribution is 2.36. The summed E-state index contributed by atoms with van der Waals surface area (Å²) in [5, 5.41) is 7.90. The number of carbonyl (C=O) groups is 3. The van der Waals surface area contributed by atoms with Gasteiger partial charge in [-0.25, -0.2) is 4.79 Å². The van der Waals surface area contributed by atoms with Crippen LogP contribution >= 0.6 is 11.3 Å². The quantitative estimate of drug-likeness (QED) is 0.188. The van der Waals surface area contributed by atoms with Gasteiger partial charge in [-0.15, -0.1) is 11.3 Å². The van der Waals surface area contributed by atoms with Gasteiger partial charge in [-0.3, -0.25) is 9.59 Å². The summed E-state index contributed by atoms with van der Waals surface area (Å²) in [7, 11) is 0. The van der Waals surface area contributed by atoms with Crippen LogP contribution in [-0.2, 0) is 9.53 Å². The van der Waals surface area contributed by atoms with Crippen LogP contribution in [0.3, 0.4) is 0 Å². The molecule has 2 N–H and O–H groups in total. The van der Waals surface area contributed by atoms with Gasteiger partial charge in [-0.2, -0.15) is 0 Å². The Morgan fingerprint density at radius 2 is 1.49 bits per heavy atom. The van der Waals surface area contributed by atoms with Gasteiger partial charge in [0.15, 0.2) is 6.10 Å². The molecule has 0 spiro atoms. The lowest BCUT2D eigenvalue weighted by atomic mass is 10.0. The Bertz CT molecular complexity index is 1490. The third-order valence-corrected chi connectivity index (χ3v) is 6.99. The molecule has 0 saturated carbocycles. The molecular weight excluding hydrogens is 540 g/mol. The van der Waals surface area contributed by atoms with Gasteiger partial charge in [-0.1, -0.05) is 29.8 Å². The van der Waals surface area contributed by atoms with E-state index in [4.69, 9.17) is 14.2 Å². The second-order valence-electron chi connectivity index (χ2n) is 9.13. The number of anilines is 2. The first kappa shape index (κ1) is 29.4. The van der Waals surface area contributed by atoms with Crippen molar-refractivity contribution in [3.05, 3.63) is 94.9 Å². The highest BCUT2D eigenvalue weighted by atomic mass is 32.1. The molecular formula is C32H32N2O6S. The Morgan fingerprint density at radius 1 is 0.829 bits per heavy atom. The summed E-state index contributed by atoms with van der Waals surface area (Å²) < 4.78 is 16.5. The predicted octanol–water partition coefficient (Wildman–Crippen LogP) is 6.96. The van der Waals surface area contributed by atoms with E-state index in [-0.39, 0.29) is 18.4 Å². The molecule has 1 aromatic heterocycles. The number of benzene rings is 3. The third-order valence-electron chi connectivity index (χ3n) is 6.09. The lowest BCUT2D eigenvalue weighted by Crippen LogP contribution is -2.30. The van der Waals surface area contributed by atoms with Crippen molar-refractivity contribution in [3.63, 3.8) is 0 Å². The number of aryl methyl sites for hydroxylation is 1. The van der Waals surface area contributed by atoms with E-state index in [0.29, 0.717) is 39.7 Å². The number of nitrogens with one attached hydrogen (secondary N) is 2. The van der Waals surface area contributed by atoms with Crippen LogP contribution in [0, 0.1) is 6.92 Å². The summed E-state index contributed by atoms with van der Waals surface area (Å²) in [6.45, 7) is 8.06. The normalized spacial score (nSPS) is 11.3. The lowest BCUT2D eigenvalue weighted by Gasteiger charge is -2.15. The number of thiophene rings is 1. The van der Waals surface area contributed by atoms with E-state index >= 15 is 0 Å². The number of hydrogen-bond donors (Lipinski definition) is 2. The summed E-state index contributed by atoms with van der Waals surface area (Å²) in [4.78, 5) is 38.5. The molecule has 41 heavy (non-hydrogen) atoms. The largest absolute Gasteiger partial charge is 0.494 e. The van der Waals surface area contributed by atoms with E-state index in [9.17, 15) is 14.4 Å². The summed E-state index contributed by atoms with van der Waals surface area (Å²) in [6, 6.07) is 21.3. The number of carbonyl (C=O) groups excluding carboxylic acids is 3. The number of rotatable bonds is 11. The summed E-state index contributed by atoms with van der Waals surface area (Å²) in [5.41, 5.74) is 3.97. The van der Waals surface area contributed by atoms with E-state index in [1.807, 2.05) is 43.5 Å². The SMILES string of the molecule is CCOC(=O)c1c(-c2ccc(C)cc2)csc1NC(=O)c1ccc(O[C@H](C)C(=O)Nc2ccc(OCC)cc2)cc1. The molecule has 0 aliphatic carbocycles. The first-order valence-corrected chi connectivity index (χ1v) is 14.1. The molecule has 0 bridgehead atoms. The number of hydrogen-bond acceptors (Lipinski definition) is 7. The third kappa shape index (κ3) is 7.52. The molecule has 9 heteroatoms. The first-order valence-electron chi connectivity index (χ1n) is 13.3. The van der Waals surface area contributed by atoms with Gasteiger partial charge in [-0.05, 0) is 81.8 Å². The van der Waals surface area contributed by atoms with E-state index < -0.39 is 12.1 Å². The van der Waals surface area contributed by atoms with Crippen LogP contribution in [0.5, 0.6) is 11.5 Å². The van der Waals surface area contributed by atoms with E-state index in [1.165, 1.54) is 11.3 Å². The number of amides is 2. The van der Waals surface area contributed by atoms with Crippen molar-refractivity contribution in [1.29, 1.82) is 0 Å². The van der Waals surface area contributed by atoms with Gasteiger partial charge >= 0.3 is 5.97 Å². The molecule has 0 aliphatic heterocycles. The molecule has 0 saturated heterocycles. The van der Waals surface area contributed by atoms with E-state index in [0.717, 1.165) is 16.9 Å². The molecule has 212 valence electrons. The van der Waals surface area contributed by atoms with Crippen molar-refractivity contribution in [1.82, 2.24) is 0 Å². The van der Waals surface area contributed by atoms with Gasteiger partial charge in [0, 0.05) is 22.2 Å². The van der Waals surface area contributed by atoms with E-state index in [2.05, 4.69) is 10.6 Å². The maximum Gasteiger partial charge on any atom is 0.341 e. The average Bonchev–Trinajstić information content (AvgIpc) is 3.38. The molecule has 1 heterocycles. The zero-order chi connectivity index (χ0) is 29.4. The van der Waals surface area contributed by atoms with Gasteiger partial charge in [0.1, 0.15) is 22.1 Å². The molecule has 0 unspecified atom stereocenters. The zero-order valence-electron chi connectivity index (χ0n) is 23.4. The summed E-state index contributed by atoms with van der Waals surface area (Å²) in [5.74, 6) is -0.0474. The Kier molecular flexibility index (Phi) is 9.76. The molecule has 0 fully saturated rings. The second-order valence-corrected chi connectivity index (χ2v) is 10.0. The minimum absolute atomic E-state index is 0.216. The highest BCUT2D eigenvalue weighted by Gasteiger charge is 2.23. The minimum Gasteiger partial charge on any atom is -0.494 e. The summed E-state index contributed by atoms with van der Waals surface area (Å²) in [6.07, 6.45) is -0.778. The second kappa shape index (κ2) is 13.6. The fraction of sp³-hybridized carbons (Fsp3) is 0.219. The van der Waals surface area contributed by atoms with Crippen LogP contribution in [0.25, 0.3) is 11.1 Å². The Hall–Kier alpha value is -4.63. The molecule has 2 amide bonds. The van der Waals surface area contributed by atoms with Gasteiger partial charge in [0.2, 0.25) is 0 Å². The summed E-state index contributed by atoms with van der Waals surface area (Å²) >= 11 is 1.26. The molecule has 3 aromatic carbocycles. The predicted molar refractivity (Wildman–Crippen MR) is 161 cm³/mol. The van der Waals surface area contributed by atoms with Crippen molar-refractivity contribution in [2.24, 2.45) is 0 Å². The van der Waals surface area contributed by atoms with Crippen LogP contribution in [-0.4, -0.2) is 37.1 Å². The highest BCUT2D eigenvalue weighted by molar-refractivity contribution is 7.15. The fourth-order valence-electron chi connectivity index (χ4n) is 3.96. The molecule has 4 rings (SSSR count). The Morgan fingerprint density at radius 3 is 2.12 bits per heavy atom. The maximum atomic E-state index is 13.1. The fourth-order valence-corrected chi connectivity index (χ4v) is 4.92. The number of esters is 1. The average molecular weight is 573 g/mol. The van der Waals surface area contributed by atoms with Crippen LogP contribution in [0.4, 0.5) is 10.7 Å². The lowest BCUT2D eigenvalue weighted by molar-refractivity contribution is -0.122. The van der Waals surface area contributed by atoms with Crippen molar-refractivity contribution in [2.75, 3.05) is 23.8 Å². The molecule has 0 aliphatic rings. The topological polar surface area (TPSA) is 103 Å². The van der Waals surface area contributed by atoms with Gasteiger partial charge < -0.3 is 24.8 Å². The smallest absolute Gasteiger partial charge is 0.341 e. The Labute approximate surface area is 243 Å². The monoisotopic (exact) mass is 572 g/mol. The Balaban J connectivity index is 1.41. The first-order chi connectivity index (χ1) is 19.8. The zero-order valence-corrected chi connectivity index (χ0v) is 24.2. The van der Waals surface area contributed by atoms with E-state index in [1.54, 1.807) is 62.4 Å². The van der Waals surface area contributed by atoms with Crippen LogP contribution in [0.15, 0.2) is 78.2 Å². The van der Waals surface area contributed by atoms with Crippen molar-refractivity contribution >= 4 is 39.8 Å². The van der Waals surface area contributed by atoms with Crippen LogP contribution in [0.2, 0.25) is 0 Å². The van der Waals surface area contributed by atoms with Crippen molar-refractivity contribution < 1.29 is 28.6 Å². The van der Waals surface area contributed by atoms with Gasteiger partial charge in [0.05, 0.1) is 13.2 Å². The van der Waals surface area contributed by atoms with Crippen LogP contribution < -0.4 is 20.1 Å². The number of ether oxygens (including phenoxy) is 3. The molecule has 8 nitrogen and oxygen atoms in total.